The van der Waals surface area contributed by atoms with Crippen LogP contribution in [-0.4, -0.2) is 38.1 Å². The zero-order valence-corrected chi connectivity index (χ0v) is 16.8. The molecule has 148 valence electrons. The van der Waals surface area contributed by atoms with Crippen LogP contribution in [0.2, 0.25) is 0 Å². The monoisotopic (exact) mass is 354 g/mol. The molecular formula is C22H42O3. The minimum absolute atomic E-state index is 0.351. The molecule has 0 rings (SSSR count). The van der Waals surface area contributed by atoms with Crippen LogP contribution < -0.4 is 0 Å². The molecule has 0 aromatic carbocycles. The summed E-state index contributed by atoms with van der Waals surface area (Å²) in [6, 6.07) is 0. The maximum Gasteiger partial charge on any atom is 0.101 e. The molecule has 0 radical (unpaired) electrons. The first-order valence-electron chi connectivity index (χ1n) is 10.4. The lowest BCUT2D eigenvalue weighted by Gasteiger charge is -2.09. The summed E-state index contributed by atoms with van der Waals surface area (Å²) in [5.41, 5.74) is 0. The van der Waals surface area contributed by atoms with E-state index in [1.807, 2.05) is 0 Å². The van der Waals surface area contributed by atoms with Crippen LogP contribution in [0, 0.1) is 0 Å². The first-order chi connectivity index (χ1) is 12.3. The van der Waals surface area contributed by atoms with Crippen molar-refractivity contribution < 1.29 is 14.6 Å². The van der Waals surface area contributed by atoms with Gasteiger partial charge in [-0.2, -0.15) is 0 Å². The molecule has 3 heteroatoms. The van der Waals surface area contributed by atoms with E-state index >= 15 is 0 Å². The molecule has 0 bridgehead atoms. The van der Waals surface area contributed by atoms with Crippen molar-refractivity contribution >= 4 is 0 Å². The molecule has 0 aliphatic heterocycles. The largest absolute Gasteiger partial charge is 0.388 e. The van der Waals surface area contributed by atoms with Crippen molar-refractivity contribution in [3.8, 4) is 0 Å². The molecule has 0 saturated carbocycles. The zero-order chi connectivity index (χ0) is 18.4. The van der Waals surface area contributed by atoms with Crippen LogP contribution in [0.25, 0.3) is 0 Å². The van der Waals surface area contributed by atoms with Crippen molar-refractivity contribution in [3.05, 3.63) is 24.3 Å². The van der Waals surface area contributed by atoms with Crippen molar-refractivity contribution in [2.24, 2.45) is 0 Å². The van der Waals surface area contributed by atoms with E-state index < -0.39 is 6.10 Å². The third-order valence-electron chi connectivity index (χ3n) is 4.16. The maximum atomic E-state index is 9.42. The number of unbranched alkanes of at least 4 members (excludes halogenated alkanes) is 9. The molecule has 0 aliphatic rings. The molecule has 0 heterocycles. The van der Waals surface area contributed by atoms with E-state index in [1.165, 1.54) is 64.2 Å². The first kappa shape index (κ1) is 24.4. The average Bonchev–Trinajstić information content (AvgIpc) is 2.61. The Balaban J connectivity index is 3.17. The predicted octanol–water partition coefficient (Wildman–Crippen LogP) is 5.82. The van der Waals surface area contributed by atoms with Gasteiger partial charge in [0, 0.05) is 13.7 Å². The van der Waals surface area contributed by atoms with E-state index in [2.05, 4.69) is 31.2 Å². The average molecular weight is 355 g/mol. The Hall–Kier alpha value is -0.640. The molecule has 0 aliphatic carbocycles. The smallest absolute Gasteiger partial charge is 0.101 e. The van der Waals surface area contributed by atoms with Crippen molar-refractivity contribution in [2.45, 2.75) is 90.1 Å². The fourth-order valence-corrected chi connectivity index (χ4v) is 2.65. The van der Waals surface area contributed by atoms with Gasteiger partial charge in [-0.05, 0) is 38.5 Å². The van der Waals surface area contributed by atoms with Gasteiger partial charge in [0.1, 0.15) is 6.10 Å². The highest BCUT2D eigenvalue weighted by Crippen LogP contribution is 2.08. The van der Waals surface area contributed by atoms with Crippen molar-refractivity contribution in [1.82, 2.24) is 0 Å². The Labute approximate surface area is 156 Å². The molecule has 25 heavy (non-hydrogen) atoms. The van der Waals surface area contributed by atoms with Crippen molar-refractivity contribution in [1.29, 1.82) is 0 Å². The van der Waals surface area contributed by atoms with Gasteiger partial charge in [-0.1, -0.05) is 69.8 Å². The molecule has 0 spiro atoms. The van der Waals surface area contributed by atoms with Gasteiger partial charge in [0.2, 0.25) is 0 Å². The van der Waals surface area contributed by atoms with Gasteiger partial charge in [-0.15, -0.1) is 0 Å². The first-order valence-corrected chi connectivity index (χ1v) is 10.4. The molecular weight excluding hydrogens is 312 g/mol. The van der Waals surface area contributed by atoms with E-state index in [-0.39, 0.29) is 0 Å². The minimum Gasteiger partial charge on any atom is -0.388 e. The van der Waals surface area contributed by atoms with Gasteiger partial charge >= 0.3 is 0 Å². The third kappa shape index (κ3) is 21.3. The van der Waals surface area contributed by atoms with E-state index in [1.54, 1.807) is 7.11 Å². The van der Waals surface area contributed by atoms with Crippen LogP contribution in [0.4, 0.5) is 0 Å². The van der Waals surface area contributed by atoms with E-state index in [4.69, 9.17) is 9.47 Å². The number of hydrogen-bond acceptors (Lipinski definition) is 3. The Kier molecular flexibility index (Phi) is 20.9. The summed E-state index contributed by atoms with van der Waals surface area (Å²) >= 11 is 0. The summed E-state index contributed by atoms with van der Waals surface area (Å²) in [7, 11) is 1.59. The van der Waals surface area contributed by atoms with Crippen LogP contribution in [0.5, 0.6) is 0 Å². The fourth-order valence-electron chi connectivity index (χ4n) is 2.65. The molecule has 0 saturated heterocycles. The zero-order valence-electron chi connectivity index (χ0n) is 16.8. The van der Waals surface area contributed by atoms with Crippen LogP contribution in [0.1, 0.15) is 84.0 Å². The van der Waals surface area contributed by atoms with Gasteiger partial charge in [-0.3, -0.25) is 0 Å². The van der Waals surface area contributed by atoms with Crippen LogP contribution in [0.3, 0.4) is 0 Å². The number of rotatable bonds is 19. The van der Waals surface area contributed by atoms with Gasteiger partial charge in [0.05, 0.1) is 13.2 Å². The number of allylic oxidation sites excluding steroid dienone is 4. The maximum absolute atomic E-state index is 9.42. The van der Waals surface area contributed by atoms with Crippen molar-refractivity contribution in [2.75, 3.05) is 26.9 Å². The summed E-state index contributed by atoms with van der Waals surface area (Å²) in [5, 5.41) is 9.42. The topological polar surface area (TPSA) is 38.7 Å². The molecule has 0 aromatic rings. The van der Waals surface area contributed by atoms with Gasteiger partial charge in [0.15, 0.2) is 0 Å². The Morgan fingerprint density at radius 2 is 1.36 bits per heavy atom. The lowest BCUT2D eigenvalue weighted by atomic mass is 10.1. The SMILES string of the molecule is CCCCC/C=C\C/C=C\CCCCCCCCOCC(O)COC. The molecule has 1 N–H and O–H groups in total. The second-order valence-corrected chi connectivity index (χ2v) is 6.77. The number of aliphatic hydroxyl groups excluding tert-OH is 1. The highest BCUT2D eigenvalue weighted by molar-refractivity contribution is 4.92. The molecule has 3 nitrogen and oxygen atoms in total. The summed E-state index contributed by atoms with van der Waals surface area (Å²) in [5.74, 6) is 0. The minimum atomic E-state index is -0.491. The lowest BCUT2D eigenvalue weighted by Crippen LogP contribution is -2.21. The van der Waals surface area contributed by atoms with E-state index in [0.29, 0.717) is 13.2 Å². The van der Waals surface area contributed by atoms with Gasteiger partial charge < -0.3 is 14.6 Å². The highest BCUT2D eigenvalue weighted by Gasteiger charge is 2.02. The second-order valence-electron chi connectivity index (χ2n) is 6.77. The molecule has 0 aromatic heterocycles. The number of hydrogen-bond donors (Lipinski definition) is 1. The molecule has 0 amide bonds. The van der Waals surface area contributed by atoms with E-state index in [9.17, 15) is 5.11 Å². The predicted molar refractivity (Wildman–Crippen MR) is 108 cm³/mol. The number of ether oxygens (including phenoxy) is 2. The number of aliphatic hydroxyl groups is 1. The molecule has 0 fully saturated rings. The molecule has 1 atom stereocenters. The van der Waals surface area contributed by atoms with Crippen LogP contribution >= 0.6 is 0 Å². The van der Waals surface area contributed by atoms with Crippen molar-refractivity contribution in [3.63, 3.8) is 0 Å². The Bertz CT molecular complexity index is 300. The highest BCUT2D eigenvalue weighted by atomic mass is 16.5. The van der Waals surface area contributed by atoms with Gasteiger partial charge in [0.25, 0.3) is 0 Å². The van der Waals surface area contributed by atoms with Crippen LogP contribution in [0.15, 0.2) is 24.3 Å². The normalized spacial score (nSPS) is 13.2. The van der Waals surface area contributed by atoms with E-state index in [0.717, 1.165) is 19.4 Å². The third-order valence-corrected chi connectivity index (χ3v) is 4.16. The summed E-state index contributed by atoms with van der Waals surface area (Å²) in [4.78, 5) is 0. The van der Waals surface area contributed by atoms with Gasteiger partial charge in [-0.25, -0.2) is 0 Å². The Morgan fingerprint density at radius 1 is 0.760 bits per heavy atom. The Morgan fingerprint density at radius 3 is 2.00 bits per heavy atom. The summed E-state index contributed by atoms with van der Waals surface area (Å²) < 4.78 is 10.3. The summed E-state index contributed by atoms with van der Waals surface area (Å²) in [6.07, 6.45) is 23.8. The quantitative estimate of drug-likeness (QED) is 0.234. The second kappa shape index (κ2) is 21.4. The lowest BCUT2D eigenvalue weighted by molar-refractivity contribution is -0.00684. The number of methoxy groups -OCH3 is 1. The molecule has 1 unspecified atom stereocenters. The van der Waals surface area contributed by atoms with Crippen LogP contribution in [-0.2, 0) is 9.47 Å². The standard InChI is InChI=1S/C22H42O3/c1-3-4-5-6-7-8-9-10-11-12-13-14-15-16-17-18-19-25-21-22(23)20-24-2/h7-8,10-11,22-23H,3-6,9,12-21H2,1-2H3/b8-7-,11-10-. The fraction of sp³-hybridized carbons (Fsp3) is 0.818. The summed E-state index contributed by atoms with van der Waals surface area (Å²) in [6.45, 7) is 3.73.